The fourth-order valence-electron chi connectivity index (χ4n) is 4.49. The van der Waals surface area contributed by atoms with Crippen molar-refractivity contribution in [2.75, 3.05) is 27.2 Å². The summed E-state index contributed by atoms with van der Waals surface area (Å²) in [6.07, 6.45) is 0.642. The Morgan fingerprint density at radius 2 is 1.71 bits per heavy atom. The molecule has 0 saturated heterocycles. The van der Waals surface area contributed by atoms with Gasteiger partial charge in [-0.25, -0.2) is 0 Å². The summed E-state index contributed by atoms with van der Waals surface area (Å²) < 4.78 is 0. The van der Waals surface area contributed by atoms with Crippen LogP contribution in [-0.4, -0.2) is 58.9 Å². The van der Waals surface area contributed by atoms with Crippen molar-refractivity contribution >= 4 is 17.5 Å². The van der Waals surface area contributed by atoms with Crippen LogP contribution in [0.15, 0.2) is 72.8 Å². The zero-order valence-corrected chi connectivity index (χ0v) is 20.6. The molecule has 0 spiro atoms. The van der Waals surface area contributed by atoms with Crippen molar-refractivity contribution in [1.29, 1.82) is 0 Å². The SMILES string of the molecule is CN(C)CCN(Cc1ccccc1)C(=O)C1Cc2ccccc2CN1Cc1cc(Cl)ccc1O. The Kier molecular flexibility index (Phi) is 7.88. The minimum absolute atomic E-state index is 0.113. The van der Waals surface area contributed by atoms with Crippen LogP contribution in [0, 0.1) is 0 Å². The smallest absolute Gasteiger partial charge is 0.240 e. The van der Waals surface area contributed by atoms with Crippen molar-refractivity contribution in [1.82, 2.24) is 14.7 Å². The van der Waals surface area contributed by atoms with E-state index in [0.29, 0.717) is 37.6 Å². The molecule has 1 N–H and O–H groups in total. The number of carbonyl (C=O) groups is 1. The van der Waals surface area contributed by atoms with Crippen molar-refractivity contribution in [3.05, 3.63) is 100 Å². The minimum Gasteiger partial charge on any atom is -0.508 e. The summed E-state index contributed by atoms with van der Waals surface area (Å²) in [5, 5.41) is 11.0. The molecule has 1 amide bonds. The number of phenolic OH excluding ortho intramolecular Hbond substituents is 1. The summed E-state index contributed by atoms with van der Waals surface area (Å²) in [6, 6.07) is 23.2. The van der Waals surface area contributed by atoms with Crippen LogP contribution in [0.3, 0.4) is 0 Å². The van der Waals surface area contributed by atoms with Gasteiger partial charge in [0.05, 0.1) is 6.04 Å². The monoisotopic (exact) mass is 477 g/mol. The van der Waals surface area contributed by atoms with Gasteiger partial charge in [-0.1, -0.05) is 66.2 Å². The second-order valence-corrected chi connectivity index (χ2v) is 9.65. The van der Waals surface area contributed by atoms with E-state index in [2.05, 4.69) is 34.1 Å². The molecule has 1 aliphatic rings. The predicted molar refractivity (Wildman–Crippen MR) is 137 cm³/mol. The number of hydrogen-bond acceptors (Lipinski definition) is 4. The van der Waals surface area contributed by atoms with Gasteiger partial charge < -0.3 is 14.9 Å². The van der Waals surface area contributed by atoms with E-state index in [1.165, 1.54) is 11.1 Å². The van der Waals surface area contributed by atoms with E-state index in [4.69, 9.17) is 11.6 Å². The first kappa shape index (κ1) is 24.3. The Bertz CT molecular complexity index is 1120. The maximum absolute atomic E-state index is 14.1. The molecular weight excluding hydrogens is 446 g/mol. The number of nitrogens with zero attached hydrogens (tertiary/aromatic N) is 3. The zero-order valence-electron chi connectivity index (χ0n) is 19.8. The average Bonchev–Trinajstić information content (AvgIpc) is 2.83. The number of halogens is 1. The standard InChI is InChI=1S/C28H32ClN3O2/c1-30(2)14-15-31(18-21-8-4-3-5-9-21)28(34)26-17-22-10-6-7-11-23(22)19-32(26)20-24-16-25(29)12-13-27(24)33/h3-13,16,26,33H,14-15,17-20H2,1-2H3. The molecule has 0 aromatic heterocycles. The van der Waals surface area contributed by atoms with Crippen molar-refractivity contribution in [2.24, 2.45) is 0 Å². The highest BCUT2D eigenvalue weighted by Gasteiger charge is 2.34. The van der Waals surface area contributed by atoms with E-state index in [1.54, 1.807) is 18.2 Å². The number of fused-ring (bicyclic) bond motifs is 1. The predicted octanol–water partition coefficient (Wildman–Crippen LogP) is 4.56. The molecule has 3 aromatic carbocycles. The van der Waals surface area contributed by atoms with Gasteiger partial charge in [0, 0.05) is 43.3 Å². The molecule has 1 atom stereocenters. The summed E-state index contributed by atoms with van der Waals surface area (Å²) in [5.41, 5.74) is 4.27. The molecule has 178 valence electrons. The summed E-state index contributed by atoms with van der Waals surface area (Å²) in [5.74, 6) is 0.310. The lowest BCUT2D eigenvalue weighted by Crippen LogP contribution is -2.52. The molecule has 4 rings (SSSR count). The van der Waals surface area contributed by atoms with Gasteiger partial charge in [0.1, 0.15) is 5.75 Å². The number of amides is 1. The number of phenols is 1. The van der Waals surface area contributed by atoms with E-state index in [9.17, 15) is 9.90 Å². The maximum atomic E-state index is 14.1. The van der Waals surface area contributed by atoms with Crippen LogP contribution in [0.25, 0.3) is 0 Å². The lowest BCUT2D eigenvalue weighted by molar-refractivity contribution is -0.138. The molecule has 34 heavy (non-hydrogen) atoms. The highest BCUT2D eigenvalue weighted by atomic mass is 35.5. The van der Waals surface area contributed by atoms with Crippen LogP contribution >= 0.6 is 11.6 Å². The van der Waals surface area contributed by atoms with E-state index in [-0.39, 0.29) is 17.7 Å². The van der Waals surface area contributed by atoms with Gasteiger partial charge in [0.25, 0.3) is 0 Å². The van der Waals surface area contributed by atoms with Crippen molar-refractivity contribution < 1.29 is 9.90 Å². The van der Waals surface area contributed by atoms with Gasteiger partial charge >= 0.3 is 0 Å². The Hall–Kier alpha value is -2.86. The lowest BCUT2D eigenvalue weighted by Gasteiger charge is -2.39. The average molecular weight is 478 g/mol. The minimum atomic E-state index is -0.320. The normalized spacial score (nSPS) is 15.8. The van der Waals surface area contributed by atoms with Gasteiger partial charge in [-0.05, 0) is 55.4 Å². The van der Waals surface area contributed by atoms with Gasteiger partial charge in [0.15, 0.2) is 0 Å². The van der Waals surface area contributed by atoms with E-state index >= 15 is 0 Å². The van der Waals surface area contributed by atoms with Crippen molar-refractivity contribution in [3.63, 3.8) is 0 Å². The molecular formula is C28H32ClN3O2. The summed E-state index contributed by atoms with van der Waals surface area (Å²) >= 11 is 6.22. The summed E-state index contributed by atoms with van der Waals surface area (Å²) in [7, 11) is 4.05. The first-order valence-corrected chi connectivity index (χ1v) is 12.0. The first-order valence-electron chi connectivity index (χ1n) is 11.7. The third-order valence-corrected chi connectivity index (χ3v) is 6.63. The van der Waals surface area contributed by atoms with Crippen molar-refractivity contribution in [3.8, 4) is 5.75 Å². The van der Waals surface area contributed by atoms with Crippen LogP contribution in [-0.2, 0) is 30.8 Å². The van der Waals surface area contributed by atoms with Crippen LogP contribution < -0.4 is 0 Å². The molecule has 1 heterocycles. The largest absolute Gasteiger partial charge is 0.508 e. The fourth-order valence-corrected chi connectivity index (χ4v) is 4.68. The quantitative estimate of drug-likeness (QED) is 0.516. The summed E-state index contributed by atoms with van der Waals surface area (Å²) in [4.78, 5) is 20.3. The molecule has 0 radical (unpaired) electrons. The van der Waals surface area contributed by atoms with Crippen LogP contribution in [0.4, 0.5) is 0 Å². The van der Waals surface area contributed by atoms with E-state index < -0.39 is 0 Å². The number of likely N-dealkylation sites (N-methyl/N-ethyl adjacent to an activating group) is 1. The third kappa shape index (κ3) is 5.98. The molecule has 3 aromatic rings. The van der Waals surface area contributed by atoms with Gasteiger partial charge in [-0.2, -0.15) is 0 Å². The van der Waals surface area contributed by atoms with Gasteiger partial charge in [-0.15, -0.1) is 0 Å². The van der Waals surface area contributed by atoms with E-state index in [1.807, 2.05) is 49.3 Å². The fraction of sp³-hybridized carbons (Fsp3) is 0.321. The molecule has 1 aliphatic heterocycles. The number of hydrogen-bond donors (Lipinski definition) is 1. The molecule has 5 nitrogen and oxygen atoms in total. The van der Waals surface area contributed by atoms with Crippen LogP contribution in [0.1, 0.15) is 22.3 Å². The number of aromatic hydroxyl groups is 1. The maximum Gasteiger partial charge on any atom is 0.240 e. The zero-order chi connectivity index (χ0) is 24.1. The molecule has 0 saturated carbocycles. The lowest BCUT2D eigenvalue weighted by atomic mass is 9.92. The number of benzene rings is 3. The van der Waals surface area contributed by atoms with Crippen LogP contribution in [0.2, 0.25) is 5.02 Å². The first-order chi connectivity index (χ1) is 16.4. The highest BCUT2D eigenvalue weighted by Crippen LogP contribution is 2.30. The topological polar surface area (TPSA) is 47.0 Å². The number of carbonyl (C=O) groups excluding carboxylic acids is 1. The van der Waals surface area contributed by atoms with Gasteiger partial charge in [-0.3, -0.25) is 9.69 Å². The Morgan fingerprint density at radius 3 is 2.44 bits per heavy atom. The Balaban J connectivity index is 1.64. The highest BCUT2D eigenvalue weighted by molar-refractivity contribution is 6.30. The van der Waals surface area contributed by atoms with Crippen LogP contribution in [0.5, 0.6) is 5.75 Å². The molecule has 0 fully saturated rings. The van der Waals surface area contributed by atoms with Crippen molar-refractivity contribution in [2.45, 2.75) is 32.1 Å². The summed E-state index contributed by atoms with van der Waals surface area (Å²) in [6.45, 7) is 3.10. The number of rotatable bonds is 8. The Labute approximate surface area is 207 Å². The third-order valence-electron chi connectivity index (χ3n) is 6.39. The molecule has 0 aliphatic carbocycles. The van der Waals surface area contributed by atoms with E-state index in [0.717, 1.165) is 17.7 Å². The molecule has 1 unspecified atom stereocenters. The Morgan fingerprint density at radius 1 is 1.00 bits per heavy atom. The molecule has 0 bridgehead atoms. The second kappa shape index (κ2) is 11.0. The second-order valence-electron chi connectivity index (χ2n) is 9.22. The van der Waals surface area contributed by atoms with Gasteiger partial charge in [0.2, 0.25) is 5.91 Å². The molecule has 6 heteroatoms.